The lowest BCUT2D eigenvalue weighted by molar-refractivity contribution is -0.142. The highest BCUT2D eigenvalue weighted by Crippen LogP contribution is 2.18. The van der Waals surface area contributed by atoms with Gasteiger partial charge >= 0.3 is 0 Å². The fraction of sp³-hybridized carbons (Fsp3) is 0.500. The Morgan fingerprint density at radius 3 is 2.86 bits per heavy atom. The first-order valence-electron chi connectivity index (χ1n) is 6.96. The van der Waals surface area contributed by atoms with Crippen LogP contribution in [-0.4, -0.2) is 77.3 Å². The Bertz CT molecular complexity index is 580. The van der Waals surface area contributed by atoms with E-state index < -0.39 is 5.82 Å². The predicted octanol–water partition coefficient (Wildman–Crippen LogP) is -0.181. The molecule has 1 aromatic rings. The van der Waals surface area contributed by atoms with E-state index >= 15 is 0 Å². The van der Waals surface area contributed by atoms with Gasteiger partial charge in [-0.2, -0.15) is 0 Å². The topological polar surface area (TPSA) is 56.8 Å². The zero-order valence-electron chi connectivity index (χ0n) is 11.8. The maximum Gasteiger partial charge on any atom is 0.257 e. The summed E-state index contributed by atoms with van der Waals surface area (Å²) in [5.41, 5.74) is 0.00932. The number of rotatable bonds is 1. The minimum atomic E-state index is -0.628. The van der Waals surface area contributed by atoms with Crippen LogP contribution in [-0.2, 0) is 4.79 Å². The zero-order valence-corrected chi connectivity index (χ0v) is 11.8. The molecule has 7 heteroatoms. The highest BCUT2D eigenvalue weighted by Gasteiger charge is 2.38. The third-order valence-corrected chi connectivity index (χ3v) is 4.17. The molecule has 1 aromatic heterocycles. The number of halogens is 1. The molecule has 1 atom stereocenters. The number of piperazine rings is 2. The van der Waals surface area contributed by atoms with Gasteiger partial charge in [0.1, 0.15) is 6.04 Å². The Morgan fingerprint density at radius 1 is 1.33 bits per heavy atom. The molecular formula is C14H17FN4O2. The maximum atomic E-state index is 13.7. The molecule has 0 spiro atoms. The van der Waals surface area contributed by atoms with Crippen LogP contribution in [0.1, 0.15) is 10.4 Å². The second kappa shape index (κ2) is 5.40. The highest BCUT2D eigenvalue weighted by molar-refractivity contribution is 5.95. The third-order valence-electron chi connectivity index (χ3n) is 4.17. The van der Waals surface area contributed by atoms with Crippen molar-refractivity contribution in [3.05, 3.63) is 29.8 Å². The molecule has 3 heterocycles. The standard InChI is InChI=1S/C14H17FN4O2/c1-17-4-5-18-6-7-19(9-12(18)14(17)21)13(20)10-2-3-16-8-11(10)15/h2-3,8,12H,4-7,9H2,1H3. The van der Waals surface area contributed by atoms with Crippen LogP contribution in [0.2, 0.25) is 0 Å². The molecule has 0 bridgehead atoms. The smallest absolute Gasteiger partial charge is 0.257 e. The second-order valence-corrected chi connectivity index (χ2v) is 5.42. The number of hydrogen-bond donors (Lipinski definition) is 0. The van der Waals surface area contributed by atoms with E-state index in [0.29, 0.717) is 26.2 Å². The summed E-state index contributed by atoms with van der Waals surface area (Å²) in [6.07, 6.45) is 2.43. The minimum Gasteiger partial charge on any atom is -0.343 e. The van der Waals surface area contributed by atoms with Crippen molar-refractivity contribution in [2.24, 2.45) is 0 Å². The summed E-state index contributed by atoms with van der Waals surface area (Å²) in [7, 11) is 1.77. The lowest BCUT2D eigenvalue weighted by Gasteiger charge is -2.45. The molecule has 0 aliphatic carbocycles. The number of amides is 2. The molecule has 0 saturated carbocycles. The van der Waals surface area contributed by atoms with Crippen LogP contribution < -0.4 is 0 Å². The summed E-state index contributed by atoms with van der Waals surface area (Å²) < 4.78 is 13.7. The van der Waals surface area contributed by atoms with Crippen LogP contribution in [0.4, 0.5) is 4.39 Å². The first kappa shape index (κ1) is 13.9. The molecule has 2 aliphatic heterocycles. The molecule has 2 fully saturated rings. The van der Waals surface area contributed by atoms with Gasteiger partial charge in [-0.05, 0) is 6.07 Å². The van der Waals surface area contributed by atoms with Crippen LogP contribution >= 0.6 is 0 Å². The molecule has 0 N–H and O–H groups in total. The van der Waals surface area contributed by atoms with E-state index in [1.807, 2.05) is 0 Å². The Kier molecular flexibility index (Phi) is 3.59. The lowest BCUT2D eigenvalue weighted by Crippen LogP contribution is -2.64. The van der Waals surface area contributed by atoms with Gasteiger partial charge in [0.25, 0.3) is 5.91 Å². The fourth-order valence-electron chi connectivity index (χ4n) is 2.87. The molecule has 2 saturated heterocycles. The molecular weight excluding hydrogens is 275 g/mol. The van der Waals surface area contributed by atoms with E-state index in [2.05, 4.69) is 9.88 Å². The number of fused-ring (bicyclic) bond motifs is 1. The number of likely N-dealkylation sites (N-methyl/N-ethyl adjacent to an activating group) is 1. The number of pyridine rings is 1. The van der Waals surface area contributed by atoms with E-state index in [-0.39, 0.29) is 23.4 Å². The van der Waals surface area contributed by atoms with E-state index in [1.165, 1.54) is 12.3 Å². The lowest BCUT2D eigenvalue weighted by atomic mass is 10.1. The maximum absolute atomic E-state index is 13.7. The molecule has 1 unspecified atom stereocenters. The van der Waals surface area contributed by atoms with Crippen LogP contribution in [0.25, 0.3) is 0 Å². The van der Waals surface area contributed by atoms with E-state index in [9.17, 15) is 14.0 Å². The van der Waals surface area contributed by atoms with Gasteiger partial charge in [-0.25, -0.2) is 4.39 Å². The van der Waals surface area contributed by atoms with Gasteiger partial charge in [-0.1, -0.05) is 0 Å². The highest BCUT2D eigenvalue weighted by atomic mass is 19.1. The Morgan fingerprint density at radius 2 is 2.10 bits per heavy atom. The summed E-state index contributed by atoms with van der Waals surface area (Å²) in [5.74, 6) is -0.985. The van der Waals surface area contributed by atoms with Gasteiger partial charge < -0.3 is 9.80 Å². The molecule has 3 rings (SSSR count). The van der Waals surface area contributed by atoms with Crippen LogP contribution in [0.3, 0.4) is 0 Å². The number of carbonyl (C=O) groups is 2. The summed E-state index contributed by atoms with van der Waals surface area (Å²) in [4.78, 5) is 33.6. The molecule has 0 radical (unpaired) electrons. The summed E-state index contributed by atoms with van der Waals surface area (Å²) >= 11 is 0. The SMILES string of the molecule is CN1CCN2CCN(C(=O)c3ccncc3F)CC2C1=O. The summed E-state index contributed by atoms with van der Waals surface area (Å²) in [6, 6.07) is 1.06. The van der Waals surface area contributed by atoms with Gasteiger partial charge in [0, 0.05) is 46.0 Å². The predicted molar refractivity (Wildman–Crippen MR) is 73.1 cm³/mol. The first-order valence-corrected chi connectivity index (χ1v) is 6.96. The zero-order chi connectivity index (χ0) is 15.0. The van der Waals surface area contributed by atoms with Crippen molar-refractivity contribution < 1.29 is 14.0 Å². The summed E-state index contributed by atoms with van der Waals surface area (Å²) in [5, 5.41) is 0. The van der Waals surface area contributed by atoms with Crippen molar-refractivity contribution in [2.75, 3.05) is 39.8 Å². The largest absolute Gasteiger partial charge is 0.343 e. The van der Waals surface area contributed by atoms with Crippen LogP contribution in [0.15, 0.2) is 18.5 Å². The summed E-state index contributed by atoms with van der Waals surface area (Å²) in [6.45, 7) is 2.99. The molecule has 112 valence electrons. The molecule has 2 aliphatic rings. The van der Waals surface area contributed by atoms with Crippen molar-refractivity contribution in [1.29, 1.82) is 0 Å². The molecule has 6 nitrogen and oxygen atoms in total. The van der Waals surface area contributed by atoms with Gasteiger partial charge in [0.15, 0.2) is 5.82 Å². The van der Waals surface area contributed by atoms with Gasteiger partial charge in [-0.3, -0.25) is 19.5 Å². The Labute approximate surface area is 122 Å². The fourth-order valence-corrected chi connectivity index (χ4v) is 2.87. The average Bonchev–Trinajstić information content (AvgIpc) is 2.50. The molecule has 0 aromatic carbocycles. The third kappa shape index (κ3) is 2.49. The van der Waals surface area contributed by atoms with Gasteiger partial charge in [0.2, 0.25) is 5.91 Å². The normalized spacial score (nSPS) is 23.1. The first-order chi connectivity index (χ1) is 10.1. The molecule has 21 heavy (non-hydrogen) atoms. The van der Waals surface area contributed by atoms with Crippen molar-refractivity contribution in [3.8, 4) is 0 Å². The van der Waals surface area contributed by atoms with Crippen molar-refractivity contribution in [1.82, 2.24) is 19.7 Å². The Balaban J connectivity index is 1.77. The van der Waals surface area contributed by atoms with Gasteiger partial charge in [-0.15, -0.1) is 0 Å². The number of nitrogens with zero attached hydrogens (tertiary/aromatic N) is 4. The van der Waals surface area contributed by atoms with E-state index in [4.69, 9.17) is 0 Å². The quantitative estimate of drug-likeness (QED) is 0.720. The monoisotopic (exact) mass is 292 g/mol. The van der Waals surface area contributed by atoms with Crippen LogP contribution in [0.5, 0.6) is 0 Å². The Hall–Kier alpha value is -2.02. The minimum absolute atomic E-state index is 0.00932. The number of carbonyl (C=O) groups excluding carboxylic acids is 2. The van der Waals surface area contributed by atoms with E-state index in [0.717, 1.165) is 12.7 Å². The average molecular weight is 292 g/mol. The molecule has 2 amide bonds. The second-order valence-electron chi connectivity index (χ2n) is 5.42. The van der Waals surface area contributed by atoms with E-state index in [1.54, 1.807) is 16.8 Å². The van der Waals surface area contributed by atoms with Crippen LogP contribution in [0, 0.1) is 5.82 Å². The number of hydrogen-bond acceptors (Lipinski definition) is 4. The number of aromatic nitrogens is 1. The van der Waals surface area contributed by atoms with Crippen molar-refractivity contribution in [2.45, 2.75) is 6.04 Å². The van der Waals surface area contributed by atoms with Crippen molar-refractivity contribution >= 4 is 11.8 Å². The van der Waals surface area contributed by atoms with Crippen molar-refractivity contribution in [3.63, 3.8) is 0 Å². The van der Waals surface area contributed by atoms with Gasteiger partial charge in [0.05, 0.1) is 11.8 Å².